The molecule has 0 bridgehead atoms. The minimum atomic E-state index is -5.14. The van der Waals surface area contributed by atoms with Crippen LogP contribution in [0.1, 0.15) is 0 Å². The topological polar surface area (TPSA) is 209 Å². The third-order valence-electron chi connectivity index (χ3n) is 0. The van der Waals surface area contributed by atoms with E-state index in [2.05, 4.69) is 0 Å². The van der Waals surface area contributed by atoms with E-state index in [1.807, 2.05) is 0 Å². The van der Waals surface area contributed by atoms with Gasteiger partial charge in [0, 0.05) is 0 Å². The molecule has 0 aliphatic heterocycles. The molecule has 0 rings (SSSR count). The van der Waals surface area contributed by atoms with Gasteiger partial charge in [0.2, 0.25) is 0 Å². The van der Waals surface area contributed by atoms with Crippen LogP contribution in [0.4, 0.5) is 0 Å². The first kappa shape index (κ1) is 45.5. The molecule has 0 aromatic carbocycles. The van der Waals surface area contributed by atoms with Crippen LogP contribution in [0.15, 0.2) is 0 Å². The largest absolute Gasteiger partial charge is 2.00 e. The molecule has 10 heteroatoms. The third-order valence-corrected chi connectivity index (χ3v) is 0. The summed E-state index contributed by atoms with van der Waals surface area (Å²) in [6.07, 6.45) is 0. The minimum absolute atomic E-state index is 0. The molecule has 8 nitrogen and oxygen atoms in total. The van der Waals surface area contributed by atoms with Crippen LogP contribution in [0.5, 0.6) is 0 Å². The van der Waals surface area contributed by atoms with Gasteiger partial charge in [0.1, 0.15) is 0 Å². The van der Waals surface area contributed by atoms with Crippen molar-refractivity contribution in [1.29, 1.82) is 0 Å². The molecule has 0 atom stereocenters. The van der Waals surface area contributed by atoms with Crippen molar-refractivity contribution in [3.63, 3.8) is 0 Å². The third kappa shape index (κ3) is 1010. The van der Waals surface area contributed by atoms with Crippen LogP contribution in [0, 0.1) is 0 Å². The fraction of sp³-hybridized carbons (Fsp3) is 0. The fourth-order valence-electron chi connectivity index (χ4n) is 0. The van der Waals surface area contributed by atoms with Crippen molar-refractivity contribution in [3.8, 4) is 0 Å². The quantitative estimate of drug-likeness (QED) is 0.293. The Balaban J connectivity index is -0.00000000800. The molecule has 0 spiro atoms. The molecule has 0 aliphatic rings. The summed E-state index contributed by atoms with van der Waals surface area (Å²) in [5, 5.41) is 0. The average molecular weight is 192 g/mol. The van der Waals surface area contributed by atoms with Crippen LogP contribution in [0.25, 0.3) is 0 Å². The summed E-state index contributed by atoms with van der Waals surface area (Å²) in [5.74, 6) is 0. The Morgan fingerprint density at radius 1 is 1.00 bits per heavy atom. The maximum Gasteiger partial charge on any atom is 2.00 e. The Hall–Kier alpha value is 0.716. The summed E-state index contributed by atoms with van der Waals surface area (Å²) in [7, 11) is -5.14. The smallest absolute Gasteiger partial charge is 0.790 e. The molecule has 0 heterocycles. The average Bonchev–Trinajstić information content (AvgIpc) is 0.722. The Bertz CT molecular complexity index is 55.4. The van der Waals surface area contributed by atoms with Gasteiger partial charge in [-0.25, -0.2) is 0 Å². The zero-order chi connectivity index (χ0) is 4.50. The number of hydrogen-bond acceptors (Lipinski definition) is 3. The Labute approximate surface area is 72.5 Å². The van der Waals surface area contributed by atoms with E-state index in [1.54, 1.807) is 0 Å². The van der Waals surface area contributed by atoms with Gasteiger partial charge in [0.15, 0.2) is 0 Å². The summed E-state index contributed by atoms with van der Waals surface area (Å²) in [6, 6.07) is 0. The maximum absolute atomic E-state index is 8.66. The molecule has 64 valence electrons. The van der Waals surface area contributed by atoms with E-state index in [0.29, 0.717) is 0 Å². The second kappa shape index (κ2) is 16.4. The molecule has 0 saturated carbocycles. The van der Waals surface area contributed by atoms with Crippen LogP contribution in [0.3, 0.4) is 0 Å². The van der Waals surface area contributed by atoms with E-state index in [0.717, 1.165) is 0 Å². The zero-order valence-electron chi connectivity index (χ0n) is 4.83. The minimum Gasteiger partial charge on any atom is -0.790 e. The van der Waals surface area contributed by atoms with E-state index in [-0.39, 0.29) is 45.0 Å². The van der Waals surface area contributed by atoms with Crippen molar-refractivity contribution < 1.29 is 41.2 Å². The van der Waals surface area contributed by atoms with Crippen molar-refractivity contribution in [2.75, 3.05) is 0 Å². The van der Waals surface area contributed by atoms with Gasteiger partial charge in [-0.15, -0.1) is 0 Å². The second-order valence-electron chi connectivity index (χ2n) is 0.469. The van der Waals surface area contributed by atoms with E-state index in [4.69, 9.17) is 19.2 Å². The molecule has 9 N–H and O–H groups in total. The molecule has 0 aliphatic carbocycles. The zero-order valence-corrected chi connectivity index (χ0v) is 7.13. The Morgan fingerprint density at radius 3 is 1.00 bits per heavy atom. The first-order chi connectivity index (χ1) is 2.00. The summed E-state index contributed by atoms with van der Waals surface area (Å²) in [4.78, 5) is 24.3. The van der Waals surface area contributed by atoms with Gasteiger partial charge >= 0.3 is 23.1 Å². The summed E-state index contributed by atoms with van der Waals surface area (Å²) in [5.41, 5.74) is 0. The van der Waals surface area contributed by atoms with Gasteiger partial charge in [-0.05, 0) is 0 Å². The van der Waals surface area contributed by atoms with Crippen molar-refractivity contribution in [1.82, 2.24) is 0 Å². The number of phosphoric acid groups is 1. The van der Waals surface area contributed by atoms with Gasteiger partial charge in [-0.2, -0.15) is 0 Å². The summed E-state index contributed by atoms with van der Waals surface area (Å²) in [6.45, 7) is 0. The molecular formula is H9MgO8P. The second-order valence-corrected chi connectivity index (χ2v) is 1.41. The van der Waals surface area contributed by atoms with Gasteiger partial charge in [-0.3, -0.25) is 0 Å². The van der Waals surface area contributed by atoms with Crippen molar-refractivity contribution in [3.05, 3.63) is 0 Å². The summed E-state index contributed by atoms with van der Waals surface area (Å²) >= 11 is 0. The van der Waals surface area contributed by atoms with Gasteiger partial charge in [-0.1, -0.05) is 0 Å². The molecule has 10 heavy (non-hydrogen) atoms. The number of hydrogen-bond donors (Lipinski definition) is 1. The van der Waals surface area contributed by atoms with Crippen LogP contribution in [-0.4, -0.2) is 49.9 Å². The van der Waals surface area contributed by atoms with Crippen LogP contribution < -0.4 is 9.79 Å². The Morgan fingerprint density at radius 2 is 1.00 bits per heavy atom. The molecule has 0 aromatic rings. The monoisotopic (exact) mass is 192 g/mol. The van der Waals surface area contributed by atoms with Crippen LogP contribution >= 0.6 is 7.82 Å². The van der Waals surface area contributed by atoms with E-state index < -0.39 is 7.82 Å². The predicted octanol–water partition coefficient (Wildman–Crippen LogP) is -5.87. The first-order valence-corrected chi connectivity index (χ1v) is 2.24. The van der Waals surface area contributed by atoms with E-state index >= 15 is 0 Å². The molecule has 0 saturated heterocycles. The molecular weight excluding hydrogens is 183 g/mol. The van der Waals surface area contributed by atoms with E-state index in [1.165, 1.54) is 0 Å². The predicted molar refractivity (Wildman–Crippen MR) is 30.0 cm³/mol. The summed E-state index contributed by atoms with van der Waals surface area (Å²) < 4.78 is 8.66. The van der Waals surface area contributed by atoms with Crippen LogP contribution in [0.2, 0.25) is 0 Å². The standard InChI is InChI=1S/Mg.H3O4P.4H2O/c;1-5(2,3)4;;;;/h;(H3,1,2,3,4);4*1H2/q+2;;;;;/p-2. The van der Waals surface area contributed by atoms with Crippen LogP contribution in [-0.2, 0) is 4.57 Å². The van der Waals surface area contributed by atoms with Crippen molar-refractivity contribution >= 4 is 30.9 Å². The number of rotatable bonds is 0. The SMILES string of the molecule is O.O.O.O.O=P([O-])([O-])O.[Mg+2]. The van der Waals surface area contributed by atoms with Crippen molar-refractivity contribution in [2.45, 2.75) is 0 Å². The fourth-order valence-corrected chi connectivity index (χ4v) is 0. The Kier molecular flexibility index (Phi) is 74.4. The van der Waals surface area contributed by atoms with Gasteiger partial charge in [0.05, 0.1) is 7.82 Å². The molecule has 0 amide bonds. The van der Waals surface area contributed by atoms with E-state index in [9.17, 15) is 0 Å². The maximum atomic E-state index is 8.66. The van der Waals surface area contributed by atoms with Gasteiger partial charge in [0.25, 0.3) is 0 Å². The van der Waals surface area contributed by atoms with Crippen molar-refractivity contribution in [2.24, 2.45) is 0 Å². The molecule has 0 unspecified atom stereocenters. The molecule has 0 radical (unpaired) electrons. The normalized spacial score (nSPS) is 5.90. The van der Waals surface area contributed by atoms with Gasteiger partial charge < -0.3 is 41.2 Å². The first-order valence-electron chi connectivity index (χ1n) is 0.748. The molecule has 0 aromatic heterocycles. The molecule has 0 fully saturated rings.